The van der Waals surface area contributed by atoms with E-state index in [2.05, 4.69) is 11.4 Å². The lowest BCUT2D eigenvalue weighted by molar-refractivity contribution is 0.256. The molecule has 2 aromatic rings. The lowest BCUT2D eigenvalue weighted by Crippen LogP contribution is -2.34. The SMILES string of the molecule is O=C(Nc1c2c(cc3c1CCC3)CCC2)NS(=O)(=O)c1ccco1. The fraction of sp³-hybridized carbons (Fsp3) is 0.353. The summed E-state index contributed by atoms with van der Waals surface area (Å²) in [6.45, 7) is 0. The van der Waals surface area contributed by atoms with Crippen LogP contribution in [0, 0.1) is 0 Å². The highest BCUT2D eigenvalue weighted by molar-refractivity contribution is 7.89. The number of benzene rings is 1. The molecule has 6 nitrogen and oxygen atoms in total. The lowest BCUT2D eigenvalue weighted by atomic mass is 9.99. The summed E-state index contributed by atoms with van der Waals surface area (Å²) in [5.74, 6) is 0. The van der Waals surface area contributed by atoms with Crippen molar-refractivity contribution in [3.05, 3.63) is 46.7 Å². The van der Waals surface area contributed by atoms with E-state index in [0.29, 0.717) is 0 Å². The Morgan fingerprint density at radius 2 is 1.71 bits per heavy atom. The molecule has 0 bridgehead atoms. The number of urea groups is 1. The van der Waals surface area contributed by atoms with Crippen LogP contribution in [0.25, 0.3) is 0 Å². The summed E-state index contributed by atoms with van der Waals surface area (Å²) in [6, 6.07) is 4.27. The third-order valence-electron chi connectivity index (χ3n) is 4.70. The van der Waals surface area contributed by atoms with Crippen LogP contribution in [0.3, 0.4) is 0 Å². The minimum absolute atomic E-state index is 0.277. The first kappa shape index (κ1) is 15.3. The van der Waals surface area contributed by atoms with Crippen molar-refractivity contribution in [2.24, 2.45) is 0 Å². The van der Waals surface area contributed by atoms with Crippen molar-refractivity contribution in [1.82, 2.24) is 4.72 Å². The van der Waals surface area contributed by atoms with Crippen LogP contribution in [0.5, 0.6) is 0 Å². The van der Waals surface area contributed by atoms with Crippen molar-refractivity contribution in [2.75, 3.05) is 5.32 Å². The van der Waals surface area contributed by atoms with Crippen LogP contribution in [0.4, 0.5) is 10.5 Å². The molecule has 2 aliphatic rings. The second kappa shape index (κ2) is 5.66. The van der Waals surface area contributed by atoms with Gasteiger partial charge in [0.15, 0.2) is 0 Å². The summed E-state index contributed by atoms with van der Waals surface area (Å²) in [5.41, 5.74) is 5.67. The van der Waals surface area contributed by atoms with E-state index in [1.807, 2.05) is 4.72 Å². The first-order valence-corrected chi connectivity index (χ1v) is 9.57. The number of nitrogens with one attached hydrogen (secondary N) is 2. The maximum absolute atomic E-state index is 12.3. The largest absolute Gasteiger partial charge is 0.451 e. The average molecular weight is 346 g/mol. The van der Waals surface area contributed by atoms with Crippen molar-refractivity contribution in [1.29, 1.82) is 0 Å². The number of aryl methyl sites for hydroxylation is 2. The summed E-state index contributed by atoms with van der Waals surface area (Å²) in [5, 5.41) is 2.51. The van der Waals surface area contributed by atoms with Gasteiger partial charge in [0.25, 0.3) is 10.0 Å². The van der Waals surface area contributed by atoms with Gasteiger partial charge >= 0.3 is 6.03 Å². The van der Waals surface area contributed by atoms with Gasteiger partial charge in [0.2, 0.25) is 5.09 Å². The molecule has 1 aromatic heterocycles. The van der Waals surface area contributed by atoms with Gasteiger partial charge in [-0.25, -0.2) is 9.52 Å². The molecule has 2 amide bonds. The van der Waals surface area contributed by atoms with Gasteiger partial charge in [-0.1, -0.05) is 6.07 Å². The van der Waals surface area contributed by atoms with Crippen molar-refractivity contribution in [2.45, 2.75) is 43.6 Å². The zero-order valence-corrected chi connectivity index (χ0v) is 13.9. The van der Waals surface area contributed by atoms with E-state index < -0.39 is 16.1 Å². The molecule has 1 aromatic carbocycles. The molecule has 0 atom stereocenters. The molecule has 4 rings (SSSR count). The third kappa shape index (κ3) is 2.58. The molecule has 0 fully saturated rings. The minimum Gasteiger partial charge on any atom is -0.451 e. The predicted molar refractivity (Wildman–Crippen MR) is 88.5 cm³/mol. The number of fused-ring (bicyclic) bond motifs is 2. The monoisotopic (exact) mass is 346 g/mol. The summed E-state index contributed by atoms with van der Waals surface area (Å²) in [6.07, 6.45) is 7.27. The first-order chi connectivity index (χ1) is 11.5. The van der Waals surface area contributed by atoms with E-state index in [0.717, 1.165) is 55.3 Å². The zero-order chi connectivity index (χ0) is 16.7. The molecule has 7 heteroatoms. The highest BCUT2D eigenvalue weighted by Crippen LogP contribution is 2.38. The van der Waals surface area contributed by atoms with Crippen LogP contribution in [-0.4, -0.2) is 14.4 Å². The number of carbonyl (C=O) groups excluding carboxylic acids is 1. The van der Waals surface area contributed by atoms with E-state index >= 15 is 0 Å². The lowest BCUT2D eigenvalue weighted by Gasteiger charge is -2.16. The molecule has 0 radical (unpaired) electrons. The van der Waals surface area contributed by atoms with Crippen molar-refractivity contribution < 1.29 is 17.6 Å². The Bertz CT molecular complexity index is 869. The van der Waals surface area contributed by atoms with Crippen molar-refractivity contribution >= 4 is 21.7 Å². The maximum atomic E-state index is 12.3. The van der Waals surface area contributed by atoms with Crippen molar-refractivity contribution in [3.63, 3.8) is 0 Å². The summed E-state index contributed by atoms with van der Waals surface area (Å²) in [4.78, 5) is 12.3. The number of anilines is 1. The van der Waals surface area contributed by atoms with Crippen molar-refractivity contribution in [3.8, 4) is 0 Å². The Morgan fingerprint density at radius 1 is 1.04 bits per heavy atom. The van der Waals surface area contributed by atoms with Crippen LogP contribution in [0.1, 0.15) is 35.1 Å². The third-order valence-corrected chi connectivity index (χ3v) is 5.91. The topological polar surface area (TPSA) is 88.4 Å². The van der Waals surface area contributed by atoms with Crippen LogP contribution in [-0.2, 0) is 35.7 Å². The van der Waals surface area contributed by atoms with E-state index in [4.69, 9.17) is 4.42 Å². The van der Waals surface area contributed by atoms with Gasteiger partial charge in [-0.3, -0.25) is 0 Å². The van der Waals surface area contributed by atoms with Gasteiger partial charge in [0.1, 0.15) is 0 Å². The Hall–Kier alpha value is -2.28. The molecule has 0 aliphatic heterocycles. The molecular weight excluding hydrogens is 328 g/mol. The number of rotatable bonds is 3. The quantitative estimate of drug-likeness (QED) is 0.894. The maximum Gasteiger partial charge on any atom is 0.333 e. The highest BCUT2D eigenvalue weighted by Gasteiger charge is 2.26. The number of hydrogen-bond donors (Lipinski definition) is 2. The second-order valence-corrected chi connectivity index (χ2v) is 7.84. The molecule has 1 heterocycles. The fourth-order valence-electron chi connectivity index (χ4n) is 3.69. The van der Waals surface area contributed by atoms with E-state index in [-0.39, 0.29) is 5.09 Å². The highest BCUT2D eigenvalue weighted by atomic mass is 32.2. The molecule has 0 unspecified atom stereocenters. The number of carbonyl (C=O) groups is 1. The van der Waals surface area contributed by atoms with Gasteiger partial charge in [0, 0.05) is 5.69 Å². The smallest absolute Gasteiger partial charge is 0.333 e. The predicted octanol–water partition coefficient (Wildman–Crippen LogP) is 2.77. The van der Waals surface area contributed by atoms with Gasteiger partial charge < -0.3 is 9.73 Å². The van der Waals surface area contributed by atoms with E-state index in [9.17, 15) is 13.2 Å². The molecule has 2 aliphatic carbocycles. The molecule has 0 spiro atoms. The number of sulfonamides is 1. The summed E-state index contributed by atoms with van der Waals surface area (Å²) in [7, 11) is -3.99. The van der Waals surface area contributed by atoms with Gasteiger partial charge in [-0.2, -0.15) is 8.42 Å². The molecule has 2 N–H and O–H groups in total. The van der Waals surface area contributed by atoms with Gasteiger partial charge in [-0.05, 0) is 72.9 Å². The zero-order valence-electron chi connectivity index (χ0n) is 13.1. The number of hydrogen-bond acceptors (Lipinski definition) is 4. The Kier molecular flexibility index (Phi) is 3.60. The normalized spacial score (nSPS) is 15.8. The summed E-state index contributed by atoms with van der Waals surface area (Å²) < 4.78 is 31.1. The Morgan fingerprint density at radius 3 is 2.29 bits per heavy atom. The van der Waals surface area contributed by atoms with Crippen LogP contribution in [0.2, 0.25) is 0 Å². The van der Waals surface area contributed by atoms with E-state index in [1.54, 1.807) is 0 Å². The molecule has 24 heavy (non-hydrogen) atoms. The Labute approximate surface area is 140 Å². The minimum atomic E-state index is -3.99. The molecule has 0 saturated carbocycles. The Balaban J connectivity index is 1.61. The summed E-state index contributed by atoms with van der Waals surface area (Å²) >= 11 is 0. The average Bonchev–Trinajstić information content (AvgIpc) is 3.27. The van der Waals surface area contributed by atoms with Crippen LogP contribution in [0.15, 0.2) is 34.0 Å². The van der Waals surface area contributed by atoms with Gasteiger partial charge in [-0.15, -0.1) is 0 Å². The van der Waals surface area contributed by atoms with Gasteiger partial charge in [0.05, 0.1) is 6.26 Å². The first-order valence-electron chi connectivity index (χ1n) is 8.08. The molecule has 126 valence electrons. The van der Waals surface area contributed by atoms with Crippen LogP contribution < -0.4 is 10.0 Å². The fourth-order valence-corrected chi connectivity index (χ4v) is 4.53. The molecule has 0 saturated heterocycles. The second-order valence-electron chi connectivity index (χ2n) is 6.23. The molecular formula is C17H18N2O4S. The standard InChI is InChI=1S/C17H18N2O4S/c20-17(19-24(21,22)15-8-3-9-23-15)18-16-13-6-1-4-11(13)10-12-5-2-7-14(12)16/h3,8-10H,1-2,4-7H2,(H2,18,19,20). The van der Waals surface area contributed by atoms with Crippen LogP contribution >= 0.6 is 0 Å². The number of furan rings is 1. The number of amides is 2. The van der Waals surface area contributed by atoms with E-state index in [1.165, 1.54) is 29.5 Å².